The molecule has 13 heteroatoms. The largest absolute Gasteiger partial charge is 0.415 e. The molecule has 0 aliphatic heterocycles. The van der Waals surface area contributed by atoms with E-state index in [4.69, 9.17) is 11.5 Å². The van der Waals surface area contributed by atoms with Crippen molar-refractivity contribution >= 4 is 40.6 Å². The monoisotopic (exact) mass is 546 g/mol. The normalized spacial score (nSPS) is 13.3. The number of hydrogen-bond donors (Lipinski definition) is 4. The number of benzene rings is 2. The van der Waals surface area contributed by atoms with E-state index in [1.54, 1.807) is 60.7 Å². The molecule has 2 rings (SSSR count). The third-order valence-electron chi connectivity index (χ3n) is 5.87. The Hall–Kier alpha value is -4.93. The van der Waals surface area contributed by atoms with E-state index in [1.165, 1.54) is 13.8 Å². The first-order valence-electron chi connectivity index (χ1n) is 12.3. The highest BCUT2D eigenvalue weighted by molar-refractivity contribution is 6.87. The summed E-state index contributed by atoms with van der Waals surface area (Å²) < 4.78 is 0. The van der Waals surface area contributed by atoms with Gasteiger partial charge in [0.15, 0.2) is 0 Å². The second-order valence-corrected chi connectivity index (χ2v) is 9.01. The van der Waals surface area contributed by atoms with Gasteiger partial charge in [0.2, 0.25) is 11.8 Å². The summed E-state index contributed by atoms with van der Waals surface area (Å²) in [6.45, 7) is 2.42. The van der Waals surface area contributed by atoms with E-state index < -0.39 is 64.8 Å². The summed E-state index contributed by atoms with van der Waals surface area (Å²) in [5.74, 6) is -5.31. The maximum absolute atomic E-state index is 12.8. The zero-order valence-corrected chi connectivity index (χ0v) is 22.0. The van der Waals surface area contributed by atoms with Crippen molar-refractivity contribution in [3.63, 3.8) is 0 Å². The quantitative estimate of drug-likeness (QED) is 0.102. The standard InChI is InChI=1S/C27H30N8O5/c1-15(32-26(39)19(28)13-17-9-5-3-6-10-17)23(36)21(34-30)25(38)22(35-31)24(37)16(2)33-27(40)20(29)14-18-11-7-4-8-12-18/h3-12,15-16,19-20H,13-14,28-29H2,1-2H3,(H,32,39)(H,33,40)/t15-,16-,19-,20-/m0/s1. The number of hydrogen-bond acceptors (Lipinski definition) is 7. The van der Waals surface area contributed by atoms with Crippen LogP contribution in [0.1, 0.15) is 25.0 Å². The molecule has 0 spiro atoms. The van der Waals surface area contributed by atoms with Crippen LogP contribution in [0.2, 0.25) is 0 Å². The van der Waals surface area contributed by atoms with Crippen LogP contribution >= 0.6 is 0 Å². The molecular formula is C27H30N8O5. The lowest BCUT2D eigenvalue weighted by Crippen LogP contribution is -2.53. The molecule has 208 valence electrons. The average molecular weight is 547 g/mol. The van der Waals surface area contributed by atoms with Gasteiger partial charge in [-0.05, 0) is 37.8 Å². The summed E-state index contributed by atoms with van der Waals surface area (Å²) in [5.41, 5.74) is 29.7. The van der Waals surface area contributed by atoms with E-state index in [2.05, 4.69) is 20.2 Å². The summed E-state index contributed by atoms with van der Waals surface area (Å²) in [6, 6.07) is 12.9. The minimum absolute atomic E-state index is 0.169. The maximum Gasteiger partial charge on any atom is 0.415 e. The van der Waals surface area contributed by atoms with Gasteiger partial charge in [0, 0.05) is 0 Å². The summed E-state index contributed by atoms with van der Waals surface area (Å²) in [7, 11) is 0. The van der Waals surface area contributed by atoms with Gasteiger partial charge in [-0.15, -0.1) is 0 Å². The number of rotatable bonds is 14. The van der Waals surface area contributed by atoms with Gasteiger partial charge in [-0.1, -0.05) is 60.7 Å². The zero-order chi connectivity index (χ0) is 29.8. The molecule has 0 unspecified atom stereocenters. The Balaban J connectivity index is 2.03. The number of nitrogens with zero attached hydrogens (tertiary/aromatic N) is 4. The first-order chi connectivity index (χ1) is 19.0. The van der Waals surface area contributed by atoms with E-state index in [0.29, 0.717) is 0 Å². The summed E-state index contributed by atoms with van der Waals surface area (Å²) in [4.78, 5) is 68.6. The number of carbonyl (C=O) groups is 5. The second kappa shape index (κ2) is 14.9. The minimum atomic E-state index is -1.52. The fourth-order valence-electron chi connectivity index (χ4n) is 3.63. The van der Waals surface area contributed by atoms with Crippen LogP contribution in [0.4, 0.5) is 0 Å². The summed E-state index contributed by atoms with van der Waals surface area (Å²) in [6.07, 6.45) is 0.337. The van der Waals surface area contributed by atoms with Crippen LogP contribution in [0.3, 0.4) is 0 Å². The summed E-state index contributed by atoms with van der Waals surface area (Å²) in [5, 5.41) is 4.64. The Bertz CT molecular complexity index is 1260. The highest BCUT2D eigenvalue weighted by Gasteiger charge is 2.46. The van der Waals surface area contributed by atoms with Crippen molar-refractivity contribution in [2.75, 3.05) is 0 Å². The number of carbonyl (C=O) groups excluding carboxylic acids is 5. The Morgan fingerprint density at radius 1 is 0.675 bits per heavy atom. The minimum Gasteiger partial charge on any atom is -0.360 e. The molecule has 4 atom stereocenters. The lowest BCUT2D eigenvalue weighted by Gasteiger charge is -2.16. The molecule has 13 nitrogen and oxygen atoms in total. The molecule has 2 aromatic rings. The van der Waals surface area contributed by atoms with Crippen LogP contribution < -0.4 is 22.1 Å². The summed E-state index contributed by atoms with van der Waals surface area (Å²) >= 11 is 0. The van der Waals surface area contributed by atoms with E-state index >= 15 is 0 Å². The van der Waals surface area contributed by atoms with Crippen molar-refractivity contribution in [2.45, 2.75) is 50.9 Å². The predicted octanol–water partition coefficient (Wildman–Crippen LogP) is -0.815. The number of ketones is 3. The van der Waals surface area contributed by atoms with Crippen LogP contribution in [0.15, 0.2) is 60.7 Å². The first-order valence-corrected chi connectivity index (χ1v) is 12.3. The van der Waals surface area contributed by atoms with Crippen molar-refractivity contribution in [2.24, 2.45) is 11.5 Å². The van der Waals surface area contributed by atoms with Crippen molar-refractivity contribution in [3.05, 3.63) is 82.9 Å². The van der Waals surface area contributed by atoms with Crippen molar-refractivity contribution in [3.8, 4) is 0 Å². The molecule has 0 aliphatic carbocycles. The van der Waals surface area contributed by atoms with Gasteiger partial charge in [0.05, 0.1) is 24.2 Å². The van der Waals surface area contributed by atoms with Gasteiger partial charge < -0.3 is 33.2 Å². The fourth-order valence-corrected chi connectivity index (χ4v) is 3.63. The second-order valence-electron chi connectivity index (χ2n) is 9.01. The molecule has 6 N–H and O–H groups in total. The number of amides is 2. The Morgan fingerprint density at radius 2 is 1.00 bits per heavy atom. The van der Waals surface area contributed by atoms with Gasteiger partial charge in [-0.2, -0.15) is 9.58 Å². The molecule has 0 heterocycles. The van der Waals surface area contributed by atoms with Crippen LogP contribution in [-0.4, -0.2) is 74.3 Å². The van der Waals surface area contributed by atoms with Crippen molar-refractivity contribution < 1.29 is 33.6 Å². The molecule has 0 saturated carbocycles. The molecule has 2 amide bonds. The lowest BCUT2D eigenvalue weighted by molar-refractivity contribution is -0.131. The van der Waals surface area contributed by atoms with Gasteiger partial charge in [-0.25, -0.2) is 0 Å². The smallest absolute Gasteiger partial charge is 0.360 e. The fraction of sp³-hybridized carbons (Fsp3) is 0.296. The topological polar surface area (TPSA) is 234 Å². The number of nitrogens with one attached hydrogen (secondary N) is 2. The van der Waals surface area contributed by atoms with Crippen LogP contribution in [0.25, 0.3) is 11.1 Å². The van der Waals surface area contributed by atoms with E-state index in [-0.39, 0.29) is 12.8 Å². The first kappa shape index (κ1) is 31.3. The zero-order valence-electron chi connectivity index (χ0n) is 22.0. The Labute approximate surface area is 230 Å². The molecule has 0 fully saturated rings. The maximum atomic E-state index is 12.8. The van der Waals surface area contributed by atoms with Crippen LogP contribution in [0.5, 0.6) is 0 Å². The molecule has 0 bridgehead atoms. The number of Topliss-reactive ketones (excluding diaryl/α,β-unsaturated/α-hetero) is 3. The van der Waals surface area contributed by atoms with Crippen molar-refractivity contribution in [1.82, 2.24) is 10.6 Å². The highest BCUT2D eigenvalue weighted by Crippen LogP contribution is 2.04. The lowest BCUT2D eigenvalue weighted by atomic mass is 9.97. The Morgan fingerprint density at radius 3 is 1.30 bits per heavy atom. The third kappa shape index (κ3) is 8.55. The average Bonchev–Trinajstić information content (AvgIpc) is 2.94. The molecule has 0 aliphatic rings. The molecular weight excluding hydrogens is 516 g/mol. The van der Waals surface area contributed by atoms with Crippen LogP contribution in [0, 0.1) is 0 Å². The van der Waals surface area contributed by atoms with E-state index in [9.17, 15) is 35.0 Å². The molecule has 2 aromatic carbocycles. The van der Waals surface area contributed by atoms with Gasteiger partial charge >= 0.3 is 17.2 Å². The third-order valence-corrected chi connectivity index (χ3v) is 5.87. The van der Waals surface area contributed by atoms with E-state index in [0.717, 1.165) is 11.1 Å². The highest BCUT2D eigenvalue weighted by atomic mass is 16.2. The predicted molar refractivity (Wildman–Crippen MR) is 144 cm³/mol. The molecule has 0 aromatic heterocycles. The SMILES string of the molecule is C[C@H](NC(=O)[C@@H](N)Cc1ccccc1)C(=O)C(=[N+]=[N-])C(=O)C(=[N+]=[N-])C(=O)[C@H](C)NC(=O)[C@@H](N)Cc1ccccc1. The van der Waals surface area contributed by atoms with E-state index in [1.807, 2.05) is 0 Å². The van der Waals surface area contributed by atoms with Gasteiger partial charge in [0.1, 0.15) is 0 Å². The molecule has 0 radical (unpaired) electrons. The molecule has 40 heavy (non-hydrogen) atoms. The number of nitrogens with two attached hydrogens (primary N) is 2. The molecule has 0 saturated heterocycles. The Kier molecular flexibility index (Phi) is 11.6. The van der Waals surface area contributed by atoms with Gasteiger partial charge in [0.25, 0.3) is 11.6 Å². The van der Waals surface area contributed by atoms with Crippen LogP contribution in [-0.2, 0) is 36.8 Å². The van der Waals surface area contributed by atoms with Crippen molar-refractivity contribution in [1.29, 1.82) is 0 Å². The van der Waals surface area contributed by atoms with Gasteiger partial charge in [-0.3, -0.25) is 24.0 Å².